The van der Waals surface area contributed by atoms with Crippen LogP contribution in [0.3, 0.4) is 0 Å². The molecule has 21 heavy (non-hydrogen) atoms. The van der Waals surface area contributed by atoms with Crippen LogP contribution in [0.5, 0.6) is 0 Å². The highest BCUT2D eigenvalue weighted by atomic mass is 19.1. The standard InChI is InChI=1S/C17H13F2NO/c1-9-7-8-12(18)15(16(9)19)17(21)14-10(2)20-13-6-4-3-5-11(13)14/h3-8,20H,1-2H3. The first-order chi connectivity index (χ1) is 10.0. The lowest BCUT2D eigenvalue weighted by molar-refractivity contribution is 0.103. The van der Waals surface area contributed by atoms with Crippen LogP contribution in [-0.4, -0.2) is 10.8 Å². The van der Waals surface area contributed by atoms with Crippen LogP contribution in [0.25, 0.3) is 10.9 Å². The van der Waals surface area contributed by atoms with Gasteiger partial charge in [-0.1, -0.05) is 24.3 Å². The van der Waals surface area contributed by atoms with Crippen molar-refractivity contribution in [3.63, 3.8) is 0 Å². The second kappa shape index (κ2) is 4.81. The number of hydrogen-bond acceptors (Lipinski definition) is 1. The van der Waals surface area contributed by atoms with Crippen molar-refractivity contribution in [2.75, 3.05) is 0 Å². The summed E-state index contributed by atoms with van der Waals surface area (Å²) >= 11 is 0. The molecule has 0 radical (unpaired) electrons. The van der Waals surface area contributed by atoms with Crippen molar-refractivity contribution in [3.8, 4) is 0 Å². The van der Waals surface area contributed by atoms with Crippen LogP contribution in [0.2, 0.25) is 0 Å². The predicted octanol–water partition coefficient (Wildman–Crippen LogP) is 4.29. The van der Waals surface area contributed by atoms with Gasteiger partial charge in [-0.05, 0) is 31.5 Å². The normalized spacial score (nSPS) is 11.0. The smallest absolute Gasteiger partial charge is 0.201 e. The summed E-state index contributed by atoms with van der Waals surface area (Å²) in [7, 11) is 0. The molecule has 2 nitrogen and oxygen atoms in total. The van der Waals surface area contributed by atoms with Gasteiger partial charge in [0.05, 0.1) is 11.1 Å². The average Bonchev–Trinajstić information content (AvgIpc) is 2.79. The summed E-state index contributed by atoms with van der Waals surface area (Å²) in [5.41, 5.74) is 1.43. The molecule has 0 amide bonds. The maximum atomic E-state index is 14.2. The highest BCUT2D eigenvalue weighted by molar-refractivity contribution is 6.17. The highest BCUT2D eigenvalue weighted by Crippen LogP contribution is 2.27. The zero-order chi connectivity index (χ0) is 15.1. The topological polar surface area (TPSA) is 32.9 Å². The van der Waals surface area contributed by atoms with Crippen molar-refractivity contribution in [1.82, 2.24) is 4.98 Å². The first-order valence-corrected chi connectivity index (χ1v) is 6.57. The predicted molar refractivity (Wildman–Crippen MR) is 77.6 cm³/mol. The molecule has 0 aliphatic carbocycles. The number of aryl methyl sites for hydroxylation is 2. The number of H-pyrrole nitrogens is 1. The zero-order valence-electron chi connectivity index (χ0n) is 11.6. The van der Waals surface area contributed by atoms with E-state index in [1.807, 2.05) is 12.1 Å². The number of fused-ring (bicyclic) bond motifs is 1. The minimum absolute atomic E-state index is 0.247. The molecule has 1 aromatic heterocycles. The first kappa shape index (κ1) is 13.5. The molecule has 0 aliphatic rings. The number of halogens is 2. The van der Waals surface area contributed by atoms with Crippen LogP contribution in [0.15, 0.2) is 36.4 Å². The van der Waals surface area contributed by atoms with Crippen LogP contribution in [-0.2, 0) is 0 Å². The van der Waals surface area contributed by atoms with E-state index in [-0.39, 0.29) is 5.56 Å². The summed E-state index contributed by atoms with van der Waals surface area (Å²) in [5.74, 6) is -2.28. The van der Waals surface area contributed by atoms with E-state index in [9.17, 15) is 13.6 Å². The lowest BCUT2D eigenvalue weighted by atomic mass is 9.98. The number of para-hydroxylation sites is 1. The Kier molecular flexibility index (Phi) is 3.09. The summed E-state index contributed by atoms with van der Waals surface area (Å²) < 4.78 is 28.1. The number of carbonyl (C=O) groups excluding carboxylic acids is 1. The fourth-order valence-electron chi connectivity index (χ4n) is 2.56. The Bertz CT molecular complexity index is 865. The minimum Gasteiger partial charge on any atom is -0.358 e. The molecule has 3 aromatic rings. The van der Waals surface area contributed by atoms with E-state index in [0.717, 1.165) is 11.6 Å². The Morgan fingerprint density at radius 2 is 1.71 bits per heavy atom. The third-order valence-corrected chi connectivity index (χ3v) is 3.63. The molecule has 0 fully saturated rings. The summed E-state index contributed by atoms with van der Waals surface area (Å²) in [4.78, 5) is 15.7. The Morgan fingerprint density at radius 3 is 2.48 bits per heavy atom. The molecule has 0 bridgehead atoms. The van der Waals surface area contributed by atoms with E-state index in [1.165, 1.54) is 13.0 Å². The van der Waals surface area contributed by atoms with Crippen LogP contribution in [0, 0.1) is 25.5 Å². The van der Waals surface area contributed by atoms with Gasteiger partial charge in [-0.2, -0.15) is 0 Å². The van der Waals surface area contributed by atoms with E-state index in [2.05, 4.69) is 4.98 Å². The van der Waals surface area contributed by atoms with E-state index in [0.29, 0.717) is 16.6 Å². The first-order valence-electron chi connectivity index (χ1n) is 6.57. The lowest BCUT2D eigenvalue weighted by Crippen LogP contribution is -2.09. The van der Waals surface area contributed by atoms with Crippen LogP contribution in [0.4, 0.5) is 8.78 Å². The molecule has 0 saturated heterocycles. The monoisotopic (exact) mass is 285 g/mol. The molecule has 0 atom stereocenters. The van der Waals surface area contributed by atoms with Crippen LogP contribution in [0.1, 0.15) is 27.2 Å². The number of carbonyl (C=O) groups is 1. The van der Waals surface area contributed by atoms with Gasteiger partial charge in [-0.3, -0.25) is 4.79 Å². The fourth-order valence-corrected chi connectivity index (χ4v) is 2.56. The molecular formula is C17H13F2NO. The quantitative estimate of drug-likeness (QED) is 0.700. The second-order valence-corrected chi connectivity index (χ2v) is 5.05. The molecule has 1 N–H and O–H groups in total. The van der Waals surface area contributed by atoms with E-state index in [1.54, 1.807) is 19.1 Å². The summed E-state index contributed by atoms with van der Waals surface area (Å²) in [6, 6.07) is 9.65. The SMILES string of the molecule is Cc1ccc(F)c(C(=O)c2c(C)[nH]c3ccccc23)c1F. The van der Waals surface area contributed by atoms with Gasteiger partial charge in [0.15, 0.2) is 0 Å². The number of hydrogen-bond donors (Lipinski definition) is 1. The number of nitrogens with one attached hydrogen (secondary N) is 1. The van der Waals surface area contributed by atoms with Crippen molar-refractivity contribution in [2.45, 2.75) is 13.8 Å². The molecule has 3 rings (SSSR count). The maximum absolute atomic E-state index is 14.2. The Balaban J connectivity index is 2.27. The number of aromatic amines is 1. The number of aromatic nitrogens is 1. The van der Waals surface area contributed by atoms with Gasteiger partial charge in [0, 0.05) is 16.6 Å². The average molecular weight is 285 g/mol. The van der Waals surface area contributed by atoms with Gasteiger partial charge < -0.3 is 4.98 Å². The van der Waals surface area contributed by atoms with Gasteiger partial charge in [-0.15, -0.1) is 0 Å². The van der Waals surface area contributed by atoms with E-state index >= 15 is 0 Å². The van der Waals surface area contributed by atoms with Gasteiger partial charge in [-0.25, -0.2) is 8.78 Å². The van der Waals surface area contributed by atoms with Gasteiger partial charge in [0.2, 0.25) is 5.78 Å². The van der Waals surface area contributed by atoms with Gasteiger partial charge >= 0.3 is 0 Å². The molecule has 0 spiro atoms. The molecular weight excluding hydrogens is 272 g/mol. The van der Waals surface area contributed by atoms with E-state index in [4.69, 9.17) is 0 Å². The Labute approximate surface area is 120 Å². The largest absolute Gasteiger partial charge is 0.358 e. The molecule has 4 heteroatoms. The highest BCUT2D eigenvalue weighted by Gasteiger charge is 2.24. The lowest BCUT2D eigenvalue weighted by Gasteiger charge is -2.07. The Morgan fingerprint density at radius 1 is 1.00 bits per heavy atom. The molecule has 2 aromatic carbocycles. The number of benzene rings is 2. The zero-order valence-corrected chi connectivity index (χ0v) is 11.6. The molecule has 106 valence electrons. The molecule has 0 saturated carbocycles. The van der Waals surface area contributed by atoms with Crippen molar-refractivity contribution in [2.24, 2.45) is 0 Å². The van der Waals surface area contributed by atoms with Crippen molar-refractivity contribution in [1.29, 1.82) is 0 Å². The number of rotatable bonds is 2. The minimum atomic E-state index is -0.840. The van der Waals surface area contributed by atoms with E-state index < -0.39 is 23.0 Å². The molecule has 1 heterocycles. The summed E-state index contributed by atoms with van der Waals surface area (Å²) in [6.45, 7) is 3.23. The summed E-state index contributed by atoms with van der Waals surface area (Å²) in [5, 5.41) is 0.667. The molecule has 0 unspecified atom stereocenters. The Hall–Kier alpha value is -2.49. The fraction of sp³-hybridized carbons (Fsp3) is 0.118. The number of ketones is 1. The third-order valence-electron chi connectivity index (χ3n) is 3.63. The maximum Gasteiger partial charge on any atom is 0.201 e. The van der Waals surface area contributed by atoms with Crippen molar-refractivity contribution in [3.05, 3.63) is 70.4 Å². The van der Waals surface area contributed by atoms with Gasteiger partial charge in [0.25, 0.3) is 0 Å². The van der Waals surface area contributed by atoms with Crippen LogP contribution < -0.4 is 0 Å². The van der Waals surface area contributed by atoms with Gasteiger partial charge in [0.1, 0.15) is 11.6 Å². The second-order valence-electron chi connectivity index (χ2n) is 5.05. The van der Waals surface area contributed by atoms with Crippen LogP contribution >= 0.6 is 0 Å². The van der Waals surface area contributed by atoms with Crippen molar-refractivity contribution < 1.29 is 13.6 Å². The third kappa shape index (κ3) is 2.03. The summed E-state index contributed by atoms with van der Waals surface area (Å²) in [6.07, 6.45) is 0. The van der Waals surface area contributed by atoms with Crippen molar-refractivity contribution >= 4 is 16.7 Å². The molecule has 0 aliphatic heterocycles.